The number of aliphatic hydroxyl groups is 1. The summed E-state index contributed by atoms with van der Waals surface area (Å²) in [6.07, 6.45) is 5.31. The maximum absolute atomic E-state index is 14.7. The zero-order valence-corrected chi connectivity index (χ0v) is 25.6. The van der Waals surface area contributed by atoms with Crippen LogP contribution in [-0.2, 0) is 19.1 Å². The highest BCUT2D eigenvalue weighted by Crippen LogP contribution is 2.67. The first-order valence-electron chi connectivity index (χ1n) is 14.9. The van der Waals surface area contributed by atoms with E-state index in [0.717, 1.165) is 30.9 Å². The number of aliphatic hydroxyl groups excluding tert-OH is 1. The van der Waals surface area contributed by atoms with Gasteiger partial charge in [0, 0.05) is 36.3 Å². The molecule has 9 heteroatoms. The van der Waals surface area contributed by atoms with Crippen LogP contribution in [0.4, 0.5) is 11.4 Å². The second-order valence-electron chi connectivity index (χ2n) is 11.5. The van der Waals surface area contributed by atoms with Crippen molar-refractivity contribution in [3.8, 4) is 0 Å². The minimum Gasteiger partial charge on any atom is -0.465 e. The number of benzene rings is 1. The first-order valence-corrected chi connectivity index (χ1v) is 15.7. The molecule has 1 spiro atoms. The van der Waals surface area contributed by atoms with Crippen molar-refractivity contribution in [2.24, 2.45) is 17.8 Å². The van der Waals surface area contributed by atoms with E-state index in [9.17, 15) is 19.5 Å². The Bertz CT molecular complexity index is 1140. The van der Waals surface area contributed by atoms with Gasteiger partial charge in [-0.1, -0.05) is 26.0 Å². The minimum atomic E-state index is -0.817. The van der Waals surface area contributed by atoms with E-state index in [1.807, 2.05) is 38.1 Å². The number of thioether (sulfide) groups is 1. The van der Waals surface area contributed by atoms with Crippen LogP contribution < -0.4 is 9.80 Å². The molecule has 3 heterocycles. The number of hydrogen-bond acceptors (Lipinski definition) is 7. The molecular formula is C32H45N3O5S. The molecule has 1 aromatic rings. The molecule has 3 aliphatic heterocycles. The van der Waals surface area contributed by atoms with Crippen LogP contribution in [0.3, 0.4) is 0 Å². The van der Waals surface area contributed by atoms with Crippen LogP contribution in [0.1, 0.15) is 47.0 Å². The van der Waals surface area contributed by atoms with Crippen LogP contribution in [0.15, 0.2) is 49.6 Å². The topological polar surface area (TPSA) is 90.4 Å². The van der Waals surface area contributed by atoms with Crippen molar-refractivity contribution >= 4 is 40.9 Å². The van der Waals surface area contributed by atoms with Gasteiger partial charge in [-0.05, 0) is 63.3 Å². The van der Waals surface area contributed by atoms with Crippen LogP contribution >= 0.6 is 11.8 Å². The van der Waals surface area contributed by atoms with E-state index in [0.29, 0.717) is 12.8 Å². The predicted octanol–water partition coefficient (Wildman–Crippen LogP) is 4.28. The van der Waals surface area contributed by atoms with Gasteiger partial charge in [0.25, 0.3) is 5.91 Å². The molecule has 0 radical (unpaired) electrons. The Labute approximate surface area is 248 Å². The lowest BCUT2D eigenvalue weighted by Gasteiger charge is -2.40. The van der Waals surface area contributed by atoms with Crippen molar-refractivity contribution in [2.75, 3.05) is 42.6 Å². The maximum Gasteiger partial charge on any atom is 0.310 e. The van der Waals surface area contributed by atoms with Crippen LogP contribution in [0.5, 0.6) is 0 Å². The van der Waals surface area contributed by atoms with Gasteiger partial charge in [0.15, 0.2) is 0 Å². The summed E-state index contributed by atoms with van der Waals surface area (Å²) in [7, 11) is 0. The van der Waals surface area contributed by atoms with E-state index in [1.165, 1.54) is 0 Å². The SMILES string of the molecule is C=CCCOC(=O)[C@@H]1[C@H]2C(=O)N([C@@H](CO)C(C)C)C(C(=O)N(CC=C)c3ccc(N(CC)CC)cc3)C23CC[C@H]1S3. The number of esters is 1. The molecule has 6 atom stereocenters. The van der Waals surface area contributed by atoms with Crippen molar-refractivity contribution in [3.05, 3.63) is 49.6 Å². The standard InChI is InChI=1S/C32H45N3O5S/c1-7-11-19-40-31(39)26-25-16-17-32(41-25)27(26)29(37)35(24(20-36)21(5)6)28(32)30(38)34(18-8-2)23-14-12-22(13-15-23)33(9-3)10-4/h7-8,12-15,21,24-28,36H,1-2,9-11,16-20H2,3-6H3/t24-,25+,26-,27-,28?,32?/m0/s1. The Morgan fingerprint density at radius 3 is 2.39 bits per heavy atom. The summed E-state index contributed by atoms with van der Waals surface area (Å²) in [6, 6.07) is 6.54. The number of fused-ring (bicyclic) bond motifs is 1. The number of hydrogen-bond donors (Lipinski definition) is 1. The molecule has 1 aromatic carbocycles. The Morgan fingerprint density at radius 2 is 1.83 bits per heavy atom. The highest BCUT2D eigenvalue weighted by atomic mass is 32.2. The number of likely N-dealkylation sites (tertiary alicyclic amines) is 1. The quantitative estimate of drug-likeness (QED) is 0.199. The molecule has 1 N–H and O–H groups in total. The third-order valence-corrected chi connectivity index (χ3v) is 10.9. The van der Waals surface area contributed by atoms with E-state index in [1.54, 1.807) is 33.7 Å². The number of ether oxygens (including phenoxy) is 1. The molecule has 2 bridgehead atoms. The molecule has 8 nitrogen and oxygen atoms in total. The summed E-state index contributed by atoms with van der Waals surface area (Å²) in [5.74, 6) is -2.18. The van der Waals surface area contributed by atoms with Gasteiger partial charge in [-0.2, -0.15) is 0 Å². The highest BCUT2D eigenvalue weighted by molar-refractivity contribution is 8.02. The van der Waals surface area contributed by atoms with Crippen molar-refractivity contribution in [2.45, 2.75) is 69.0 Å². The number of nitrogens with zero attached hydrogens (tertiary/aromatic N) is 3. The molecule has 3 saturated heterocycles. The monoisotopic (exact) mass is 583 g/mol. The maximum atomic E-state index is 14.7. The van der Waals surface area contributed by atoms with Crippen LogP contribution in [0, 0.1) is 17.8 Å². The summed E-state index contributed by atoms with van der Waals surface area (Å²) in [5, 5.41) is 10.4. The van der Waals surface area contributed by atoms with Gasteiger partial charge in [-0.15, -0.1) is 24.9 Å². The van der Waals surface area contributed by atoms with Gasteiger partial charge >= 0.3 is 5.97 Å². The van der Waals surface area contributed by atoms with Crippen LogP contribution in [0.2, 0.25) is 0 Å². The summed E-state index contributed by atoms with van der Waals surface area (Å²) in [4.78, 5) is 47.9. The van der Waals surface area contributed by atoms with E-state index in [4.69, 9.17) is 4.74 Å². The molecule has 2 amide bonds. The minimum absolute atomic E-state index is 0.0783. The van der Waals surface area contributed by atoms with Crippen molar-refractivity contribution in [1.29, 1.82) is 0 Å². The normalized spacial score (nSPS) is 27.1. The molecule has 3 fully saturated rings. The lowest BCUT2D eigenvalue weighted by molar-refractivity contribution is -0.154. The summed E-state index contributed by atoms with van der Waals surface area (Å²) in [6.45, 7) is 17.7. The molecule has 0 aromatic heterocycles. The van der Waals surface area contributed by atoms with Gasteiger partial charge < -0.3 is 24.5 Å². The third kappa shape index (κ3) is 5.43. The first-order chi connectivity index (χ1) is 19.7. The van der Waals surface area contributed by atoms with Crippen molar-refractivity contribution < 1.29 is 24.2 Å². The molecule has 41 heavy (non-hydrogen) atoms. The second-order valence-corrected chi connectivity index (χ2v) is 13.1. The first kappa shape index (κ1) is 31.2. The lowest BCUT2D eigenvalue weighted by Crippen LogP contribution is -2.58. The largest absolute Gasteiger partial charge is 0.465 e. The van der Waals surface area contributed by atoms with Crippen molar-refractivity contribution in [3.63, 3.8) is 0 Å². The Hall–Kier alpha value is -2.78. The van der Waals surface area contributed by atoms with E-state index in [-0.39, 0.29) is 48.7 Å². The molecule has 224 valence electrons. The summed E-state index contributed by atoms with van der Waals surface area (Å²) < 4.78 is 4.83. The second kappa shape index (κ2) is 13.0. The van der Waals surface area contributed by atoms with Crippen molar-refractivity contribution in [1.82, 2.24) is 4.90 Å². The molecule has 4 rings (SSSR count). The number of carbonyl (C=O) groups excluding carboxylic acids is 3. The van der Waals surface area contributed by atoms with Gasteiger partial charge in [0.2, 0.25) is 5.91 Å². The fraction of sp³-hybridized carbons (Fsp3) is 0.594. The summed E-state index contributed by atoms with van der Waals surface area (Å²) in [5.41, 5.74) is 1.80. The van der Waals surface area contributed by atoms with Gasteiger partial charge in [-0.25, -0.2) is 0 Å². The molecule has 0 aliphatic carbocycles. The smallest absolute Gasteiger partial charge is 0.310 e. The van der Waals surface area contributed by atoms with E-state index < -0.39 is 28.7 Å². The van der Waals surface area contributed by atoms with Crippen LogP contribution in [0.25, 0.3) is 0 Å². The fourth-order valence-corrected chi connectivity index (χ4v) is 9.17. The average molecular weight is 584 g/mol. The molecule has 2 unspecified atom stereocenters. The number of amides is 2. The highest BCUT2D eigenvalue weighted by Gasteiger charge is 2.75. The summed E-state index contributed by atoms with van der Waals surface area (Å²) >= 11 is 1.61. The van der Waals surface area contributed by atoms with E-state index in [2.05, 4.69) is 31.9 Å². The third-order valence-electron chi connectivity index (χ3n) is 8.99. The van der Waals surface area contributed by atoms with Gasteiger partial charge in [-0.3, -0.25) is 14.4 Å². The molecule has 0 saturated carbocycles. The number of anilines is 2. The molecule has 3 aliphatic rings. The fourth-order valence-electron chi connectivity index (χ4n) is 6.99. The van der Waals surface area contributed by atoms with Gasteiger partial charge in [0.1, 0.15) is 6.04 Å². The van der Waals surface area contributed by atoms with Gasteiger partial charge in [0.05, 0.1) is 35.8 Å². The Kier molecular flexibility index (Phi) is 9.90. The Morgan fingerprint density at radius 1 is 1.17 bits per heavy atom. The molecular weight excluding hydrogens is 538 g/mol. The zero-order valence-electron chi connectivity index (χ0n) is 24.8. The van der Waals surface area contributed by atoms with Crippen LogP contribution in [-0.4, -0.2) is 82.7 Å². The Balaban J connectivity index is 1.75. The van der Waals surface area contributed by atoms with E-state index >= 15 is 0 Å². The predicted molar refractivity (Wildman–Crippen MR) is 165 cm³/mol. The zero-order chi connectivity index (χ0) is 29.9. The number of carbonyl (C=O) groups is 3. The average Bonchev–Trinajstić information content (AvgIpc) is 3.60. The lowest BCUT2D eigenvalue weighted by atomic mass is 9.71. The number of rotatable bonds is 14.